The molecule has 0 bridgehead atoms. The third-order valence-electron chi connectivity index (χ3n) is 9.30. The zero-order chi connectivity index (χ0) is 24.0. The fourth-order valence-corrected chi connectivity index (χ4v) is 7.75. The molecule has 3 fully saturated rings. The molecule has 0 saturated heterocycles. The molecule has 0 aliphatic heterocycles. The maximum Gasteiger partial charge on any atom is 0.157 e. The number of fused-ring (bicyclic) bond motifs is 3. The Kier molecular flexibility index (Phi) is 9.06. The van der Waals surface area contributed by atoms with Crippen LogP contribution in [0, 0.1) is 46.3 Å². The second-order valence-corrected chi connectivity index (χ2v) is 10.9. The van der Waals surface area contributed by atoms with Crippen LogP contribution in [0.1, 0.15) is 78.6 Å². The van der Waals surface area contributed by atoms with Crippen molar-refractivity contribution in [3.05, 3.63) is 24.8 Å². The summed E-state index contributed by atoms with van der Waals surface area (Å²) >= 11 is 0. The number of hydrogen-bond donors (Lipinski definition) is 2. The van der Waals surface area contributed by atoms with E-state index in [0.717, 1.165) is 31.6 Å². The van der Waals surface area contributed by atoms with Gasteiger partial charge in [-0.25, -0.2) is 0 Å². The number of nitrogens with one attached hydrogen (secondary N) is 2. The number of nitrogens with zero attached hydrogens (tertiary/aromatic N) is 1. The van der Waals surface area contributed by atoms with Crippen molar-refractivity contribution in [1.29, 1.82) is 5.41 Å². The zero-order valence-corrected chi connectivity index (χ0v) is 20.9. The number of allylic oxidation sites excluding steroid dienone is 3. The lowest BCUT2D eigenvalue weighted by Crippen LogP contribution is -2.49. The largest absolute Gasteiger partial charge is 0.302 e. The Morgan fingerprint density at radius 2 is 2.00 bits per heavy atom. The van der Waals surface area contributed by atoms with E-state index < -0.39 is 0 Å². The summed E-state index contributed by atoms with van der Waals surface area (Å²) in [5, 5.41) is 12.2. The van der Waals surface area contributed by atoms with Gasteiger partial charge >= 0.3 is 0 Å². The van der Waals surface area contributed by atoms with E-state index >= 15 is 0 Å². The first-order chi connectivity index (χ1) is 15.9. The number of ketones is 1. The molecule has 184 valence electrons. The van der Waals surface area contributed by atoms with Crippen LogP contribution in [0.4, 0.5) is 4.39 Å². The molecule has 3 rings (SSSR count). The van der Waals surface area contributed by atoms with Crippen LogP contribution < -0.4 is 5.43 Å². The minimum absolute atomic E-state index is 0.0851. The van der Waals surface area contributed by atoms with E-state index in [1.807, 2.05) is 0 Å². The van der Waals surface area contributed by atoms with Gasteiger partial charge in [-0.15, -0.1) is 0 Å². The molecular weight excluding hydrogens is 413 g/mol. The monoisotopic (exact) mass is 457 g/mol. The molecule has 0 aromatic heterocycles. The van der Waals surface area contributed by atoms with E-state index in [4.69, 9.17) is 5.41 Å². The number of carbonyl (C=O) groups excluding carboxylic acids is 1. The summed E-state index contributed by atoms with van der Waals surface area (Å²) in [6, 6.07) is 0. The van der Waals surface area contributed by atoms with Crippen LogP contribution in [0.3, 0.4) is 0 Å². The molecule has 3 aliphatic rings. The summed E-state index contributed by atoms with van der Waals surface area (Å²) in [5.74, 6) is 3.65. The SMILES string of the molecule is C=C/C=C\C(=N)/C(C)=N\NCC(=O)C1CCC2C3CCC(CCF)C(CCC)C3CCC12C. The molecule has 0 spiro atoms. The minimum Gasteiger partial charge on any atom is -0.302 e. The molecule has 0 heterocycles. The second-order valence-electron chi connectivity index (χ2n) is 10.9. The summed E-state index contributed by atoms with van der Waals surface area (Å²) in [7, 11) is 0. The summed E-state index contributed by atoms with van der Waals surface area (Å²) in [6.07, 6.45) is 15.0. The molecule has 4 nitrogen and oxygen atoms in total. The van der Waals surface area contributed by atoms with E-state index in [0.29, 0.717) is 35.1 Å². The van der Waals surface area contributed by atoms with Crippen molar-refractivity contribution in [1.82, 2.24) is 5.43 Å². The Morgan fingerprint density at radius 3 is 2.70 bits per heavy atom. The number of hydrazone groups is 1. The van der Waals surface area contributed by atoms with Crippen molar-refractivity contribution >= 4 is 17.2 Å². The first-order valence-electron chi connectivity index (χ1n) is 13.1. The minimum atomic E-state index is -0.182. The number of hydrogen-bond acceptors (Lipinski definition) is 4. The third-order valence-corrected chi connectivity index (χ3v) is 9.30. The fraction of sp³-hybridized carbons (Fsp3) is 0.750. The normalized spacial score (nSPS) is 36.3. The molecule has 3 aliphatic carbocycles. The van der Waals surface area contributed by atoms with Crippen LogP contribution in [-0.4, -0.2) is 30.4 Å². The van der Waals surface area contributed by atoms with E-state index in [1.54, 1.807) is 25.2 Å². The Labute approximate surface area is 200 Å². The predicted octanol–water partition coefficient (Wildman–Crippen LogP) is 6.53. The van der Waals surface area contributed by atoms with E-state index in [-0.39, 0.29) is 30.3 Å². The van der Waals surface area contributed by atoms with E-state index in [1.165, 1.54) is 32.1 Å². The van der Waals surface area contributed by atoms with E-state index in [2.05, 4.69) is 31.0 Å². The number of alkyl halides is 1. The van der Waals surface area contributed by atoms with Crippen molar-refractivity contribution in [3.8, 4) is 0 Å². The number of halogens is 1. The number of carbonyl (C=O) groups is 1. The zero-order valence-electron chi connectivity index (χ0n) is 20.9. The van der Waals surface area contributed by atoms with Crippen LogP contribution in [-0.2, 0) is 4.79 Å². The predicted molar refractivity (Wildman–Crippen MR) is 135 cm³/mol. The molecule has 0 radical (unpaired) electrons. The second kappa shape index (κ2) is 11.6. The molecule has 3 saturated carbocycles. The van der Waals surface area contributed by atoms with Crippen LogP contribution in [0.25, 0.3) is 0 Å². The van der Waals surface area contributed by atoms with Gasteiger partial charge in [0.25, 0.3) is 0 Å². The van der Waals surface area contributed by atoms with Crippen LogP contribution in [0.5, 0.6) is 0 Å². The summed E-state index contributed by atoms with van der Waals surface area (Å²) in [6.45, 7) is 10.1. The highest BCUT2D eigenvalue weighted by molar-refractivity contribution is 6.44. The Hall–Kier alpha value is -1.78. The molecule has 33 heavy (non-hydrogen) atoms. The quantitative estimate of drug-likeness (QED) is 0.210. The number of Topliss-reactive ketones (excluding diaryl/α,β-unsaturated/α-hetero) is 1. The van der Waals surface area contributed by atoms with Gasteiger partial charge in [-0.1, -0.05) is 45.4 Å². The molecule has 7 atom stereocenters. The molecule has 5 heteroatoms. The van der Waals surface area contributed by atoms with Crippen molar-refractivity contribution < 1.29 is 9.18 Å². The van der Waals surface area contributed by atoms with Gasteiger partial charge in [0.05, 0.1) is 24.6 Å². The first kappa shape index (κ1) is 25.8. The molecule has 7 unspecified atom stereocenters. The van der Waals surface area contributed by atoms with Gasteiger partial charge in [-0.2, -0.15) is 5.10 Å². The topological polar surface area (TPSA) is 65.3 Å². The van der Waals surface area contributed by atoms with Gasteiger partial charge < -0.3 is 5.43 Å². The lowest BCUT2D eigenvalue weighted by atomic mass is 9.50. The summed E-state index contributed by atoms with van der Waals surface area (Å²) in [5.41, 5.74) is 3.89. The van der Waals surface area contributed by atoms with Gasteiger partial charge in [0, 0.05) is 5.92 Å². The highest BCUT2D eigenvalue weighted by Gasteiger charge is 2.57. The lowest BCUT2D eigenvalue weighted by Gasteiger charge is -2.54. The van der Waals surface area contributed by atoms with Gasteiger partial charge in [0.1, 0.15) is 0 Å². The first-order valence-corrected chi connectivity index (χ1v) is 13.1. The van der Waals surface area contributed by atoms with Crippen LogP contribution in [0.15, 0.2) is 29.9 Å². The molecule has 0 amide bonds. The fourth-order valence-electron chi connectivity index (χ4n) is 7.75. The average Bonchev–Trinajstić information content (AvgIpc) is 3.16. The smallest absolute Gasteiger partial charge is 0.157 e. The Balaban J connectivity index is 1.64. The molecule has 0 aromatic rings. The van der Waals surface area contributed by atoms with Gasteiger partial charge in [-0.3, -0.25) is 14.6 Å². The van der Waals surface area contributed by atoms with E-state index in [9.17, 15) is 9.18 Å². The highest BCUT2D eigenvalue weighted by Crippen LogP contribution is 2.63. The van der Waals surface area contributed by atoms with Crippen LogP contribution >= 0.6 is 0 Å². The van der Waals surface area contributed by atoms with Crippen molar-refractivity contribution in [2.75, 3.05) is 13.2 Å². The third kappa shape index (κ3) is 5.49. The maximum atomic E-state index is 13.2. The summed E-state index contributed by atoms with van der Waals surface area (Å²) < 4.78 is 13.2. The Bertz CT molecular complexity index is 775. The van der Waals surface area contributed by atoms with Gasteiger partial charge in [0.2, 0.25) is 0 Å². The standard InChI is InChI=1S/C28H44FN3O/c1-5-7-9-26(30)19(3)32-31-18-27(33)25-13-12-24-23-11-10-20(15-17-29)21(8-6-2)22(23)14-16-28(24,25)4/h5,7,9,20-25,30-31H,1,6,8,10-18H2,2-4H3/b9-7-,30-26?,32-19-. The highest BCUT2D eigenvalue weighted by atomic mass is 19.1. The van der Waals surface area contributed by atoms with Crippen molar-refractivity contribution in [2.24, 2.45) is 46.0 Å². The van der Waals surface area contributed by atoms with Crippen molar-refractivity contribution in [3.63, 3.8) is 0 Å². The maximum absolute atomic E-state index is 13.2. The van der Waals surface area contributed by atoms with Crippen LogP contribution in [0.2, 0.25) is 0 Å². The molecule has 0 aromatic carbocycles. The average molecular weight is 458 g/mol. The van der Waals surface area contributed by atoms with Gasteiger partial charge in [-0.05, 0) is 93.0 Å². The summed E-state index contributed by atoms with van der Waals surface area (Å²) in [4.78, 5) is 13.2. The molecular formula is C28H44FN3O. The van der Waals surface area contributed by atoms with Gasteiger partial charge in [0.15, 0.2) is 5.78 Å². The lowest BCUT2D eigenvalue weighted by molar-refractivity contribution is -0.129. The number of rotatable bonds is 11. The van der Waals surface area contributed by atoms with Crippen molar-refractivity contribution in [2.45, 2.75) is 78.6 Å². The Morgan fingerprint density at radius 1 is 1.21 bits per heavy atom. The molecule has 2 N–H and O–H groups in total.